The molecule has 0 saturated carbocycles. The van der Waals surface area contributed by atoms with Crippen molar-refractivity contribution in [1.82, 2.24) is 0 Å². The number of hydrogen-bond donors (Lipinski definition) is 0. The van der Waals surface area contributed by atoms with E-state index in [2.05, 4.69) is 38.8 Å². The summed E-state index contributed by atoms with van der Waals surface area (Å²) in [6.07, 6.45) is -1.03. The minimum Gasteiger partial charge on any atom is -0.494 e. The molecule has 3 nitrogen and oxygen atoms in total. The van der Waals surface area contributed by atoms with E-state index in [1.807, 2.05) is 0 Å². The Morgan fingerprint density at radius 3 is 2.21 bits per heavy atom. The average Bonchev–Trinajstić information content (AvgIpc) is 2.63. The van der Waals surface area contributed by atoms with E-state index in [4.69, 9.17) is 14.2 Å². The number of halogens is 5. The third kappa shape index (κ3) is 7.39. The molecule has 0 spiro atoms. The maximum atomic E-state index is 13.4. The molecule has 0 aliphatic rings. The van der Waals surface area contributed by atoms with Gasteiger partial charge < -0.3 is 14.2 Å². The van der Waals surface area contributed by atoms with Gasteiger partial charge >= 0.3 is 6.18 Å². The van der Waals surface area contributed by atoms with E-state index in [-0.39, 0.29) is 18.1 Å². The van der Waals surface area contributed by atoms with E-state index in [0.29, 0.717) is 21.5 Å². The molecular formula is C20H19Br2F3O3. The lowest BCUT2D eigenvalue weighted by atomic mass is 10.2. The zero-order valence-corrected chi connectivity index (χ0v) is 18.2. The van der Waals surface area contributed by atoms with Crippen LogP contribution in [0.4, 0.5) is 13.2 Å². The molecule has 2 aromatic carbocycles. The van der Waals surface area contributed by atoms with E-state index in [0.717, 1.165) is 18.9 Å². The number of ether oxygens (including phenoxy) is 3. The second-order valence-corrected chi connectivity index (χ2v) is 8.51. The largest absolute Gasteiger partial charge is 0.494 e. The van der Waals surface area contributed by atoms with Gasteiger partial charge in [-0.15, -0.1) is 0 Å². The predicted octanol–water partition coefficient (Wildman–Crippen LogP) is 7.69. The first-order chi connectivity index (χ1) is 13.3. The fourth-order valence-corrected chi connectivity index (χ4v) is 2.45. The maximum Gasteiger partial charge on any atom is 0.420 e. The summed E-state index contributed by atoms with van der Waals surface area (Å²) in [6.45, 7) is 2.67. The molecule has 0 heterocycles. The molecule has 0 aliphatic carbocycles. The van der Waals surface area contributed by atoms with Gasteiger partial charge in [0.25, 0.3) is 0 Å². The van der Waals surface area contributed by atoms with Crippen molar-refractivity contribution < 1.29 is 27.4 Å². The number of benzene rings is 2. The standard InChI is InChI=1S/C20H19Br2F3O3/c1-2-3-11-26-14-4-6-15(7-5-14)28-16-8-9-18(27-12-10-19(21)22)17(13-16)20(23,24)25/h4-10,13H,2-3,11-12H2,1H3. The zero-order chi connectivity index (χ0) is 20.6. The molecule has 0 saturated heterocycles. The smallest absolute Gasteiger partial charge is 0.420 e. The number of unbranched alkanes of at least 4 members (excludes halogenated alkanes) is 1. The summed E-state index contributed by atoms with van der Waals surface area (Å²) in [6, 6.07) is 10.3. The van der Waals surface area contributed by atoms with E-state index in [1.165, 1.54) is 12.1 Å². The second-order valence-electron chi connectivity index (χ2n) is 5.74. The summed E-state index contributed by atoms with van der Waals surface area (Å²) < 4.78 is 57.0. The third-order valence-electron chi connectivity index (χ3n) is 3.56. The lowest BCUT2D eigenvalue weighted by molar-refractivity contribution is -0.138. The lowest BCUT2D eigenvalue weighted by Crippen LogP contribution is -2.09. The Kier molecular flexibility index (Phi) is 8.69. The van der Waals surface area contributed by atoms with Crippen molar-refractivity contribution in [3.63, 3.8) is 0 Å². The molecule has 0 N–H and O–H groups in total. The molecule has 28 heavy (non-hydrogen) atoms. The van der Waals surface area contributed by atoms with Gasteiger partial charge in [0.15, 0.2) is 0 Å². The average molecular weight is 524 g/mol. The van der Waals surface area contributed by atoms with Gasteiger partial charge in [-0.25, -0.2) is 0 Å². The Morgan fingerprint density at radius 2 is 1.61 bits per heavy atom. The van der Waals surface area contributed by atoms with Crippen molar-refractivity contribution >= 4 is 31.9 Å². The van der Waals surface area contributed by atoms with Crippen LogP contribution in [0.5, 0.6) is 23.0 Å². The molecule has 8 heteroatoms. The van der Waals surface area contributed by atoms with Crippen LogP contribution in [0.15, 0.2) is 51.9 Å². The predicted molar refractivity (Wildman–Crippen MR) is 110 cm³/mol. The van der Waals surface area contributed by atoms with Crippen LogP contribution in [0.25, 0.3) is 0 Å². The molecule has 0 aromatic heterocycles. The number of alkyl halides is 3. The van der Waals surface area contributed by atoms with E-state index < -0.39 is 11.7 Å². The fraction of sp³-hybridized carbons (Fsp3) is 0.300. The van der Waals surface area contributed by atoms with Crippen LogP contribution < -0.4 is 14.2 Å². The Morgan fingerprint density at radius 1 is 0.964 bits per heavy atom. The van der Waals surface area contributed by atoms with Gasteiger partial charge in [-0.05, 0) is 86.8 Å². The Balaban J connectivity index is 2.12. The first-order valence-corrected chi connectivity index (χ1v) is 10.1. The Bertz CT molecular complexity index is 786. The van der Waals surface area contributed by atoms with Crippen LogP contribution in [0, 0.1) is 0 Å². The van der Waals surface area contributed by atoms with Crippen LogP contribution in [0.1, 0.15) is 25.3 Å². The highest BCUT2D eigenvalue weighted by atomic mass is 79.9. The summed E-state index contributed by atoms with van der Waals surface area (Å²) in [5.41, 5.74) is -0.899. The van der Waals surface area contributed by atoms with Gasteiger partial charge in [0.1, 0.15) is 35.2 Å². The van der Waals surface area contributed by atoms with Crippen molar-refractivity contribution in [2.24, 2.45) is 0 Å². The van der Waals surface area contributed by atoms with Crippen LogP contribution in [-0.2, 0) is 6.18 Å². The molecule has 152 valence electrons. The van der Waals surface area contributed by atoms with Gasteiger partial charge in [-0.1, -0.05) is 13.3 Å². The maximum absolute atomic E-state index is 13.4. The minimum atomic E-state index is -4.57. The fourth-order valence-electron chi connectivity index (χ4n) is 2.19. The summed E-state index contributed by atoms with van der Waals surface area (Å²) in [5.74, 6) is 0.899. The van der Waals surface area contributed by atoms with E-state index in [9.17, 15) is 13.2 Å². The van der Waals surface area contributed by atoms with Crippen LogP contribution in [0.2, 0.25) is 0 Å². The molecular weight excluding hydrogens is 505 g/mol. The van der Waals surface area contributed by atoms with E-state index in [1.54, 1.807) is 30.3 Å². The van der Waals surface area contributed by atoms with Gasteiger partial charge in [0, 0.05) is 0 Å². The van der Waals surface area contributed by atoms with E-state index >= 15 is 0 Å². The summed E-state index contributed by atoms with van der Waals surface area (Å²) in [7, 11) is 0. The second kappa shape index (κ2) is 10.8. The van der Waals surface area contributed by atoms with Gasteiger partial charge in [-0.3, -0.25) is 0 Å². The first-order valence-electron chi connectivity index (χ1n) is 8.55. The van der Waals surface area contributed by atoms with Crippen molar-refractivity contribution in [3.05, 3.63) is 57.5 Å². The SMILES string of the molecule is CCCCOc1ccc(Oc2ccc(OCC=C(Br)Br)c(C(F)(F)F)c2)cc1. The Labute approximate surface area is 178 Å². The molecule has 2 aromatic rings. The zero-order valence-electron chi connectivity index (χ0n) is 15.1. The van der Waals surface area contributed by atoms with Gasteiger partial charge in [0.05, 0.1) is 10.00 Å². The van der Waals surface area contributed by atoms with Crippen molar-refractivity contribution in [2.75, 3.05) is 13.2 Å². The molecule has 0 radical (unpaired) electrons. The number of hydrogen-bond acceptors (Lipinski definition) is 3. The van der Waals surface area contributed by atoms with Crippen LogP contribution in [-0.4, -0.2) is 13.2 Å². The van der Waals surface area contributed by atoms with Crippen molar-refractivity contribution in [3.8, 4) is 23.0 Å². The molecule has 2 rings (SSSR count). The molecule has 0 unspecified atom stereocenters. The van der Waals surface area contributed by atoms with Gasteiger partial charge in [0.2, 0.25) is 0 Å². The van der Waals surface area contributed by atoms with Gasteiger partial charge in [-0.2, -0.15) is 13.2 Å². The summed E-state index contributed by atoms with van der Waals surface area (Å²) >= 11 is 6.25. The number of rotatable bonds is 9. The Hall–Kier alpha value is -1.67. The molecule has 0 fully saturated rings. The highest BCUT2D eigenvalue weighted by molar-refractivity contribution is 9.28. The van der Waals surface area contributed by atoms with Crippen molar-refractivity contribution in [2.45, 2.75) is 25.9 Å². The lowest BCUT2D eigenvalue weighted by Gasteiger charge is -2.15. The topological polar surface area (TPSA) is 27.7 Å². The monoisotopic (exact) mass is 522 g/mol. The quantitative estimate of drug-likeness (QED) is 0.315. The molecule has 0 amide bonds. The van der Waals surface area contributed by atoms with Crippen LogP contribution >= 0.6 is 31.9 Å². The first kappa shape index (κ1) is 22.6. The highest BCUT2D eigenvalue weighted by Crippen LogP contribution is 2.39. The third-order valence-corrected chi connectivity index (χ3v) is 4.21. The minimum absolute atomic E-state index is 0.0192. The van der Waals surface area contributed by atoms with Crippen molar-refractivity contribution in [1.29, 1.82) is 0 Å². The summed E-state index contributed by atoms with van der Waals surface area (Å²) in [4.78, 5) is 0. The van der Waals surface area contributed by atoms with Crippen LogP contribution in [0.3, 0.4) is 0 Å². The molecule has 0 bridgehead atoms. The summed E-state index contributed by atoms with van der Waals surface area (Å²) in [5, 5.41) is 0. The normalized spacial score (nSPS) is 11.1. The molecule has 0 atom stereocenters. The molecule has 0 aliphatic heterocycles. The highest BCUT2D eigenvalue weighted by Gasteiger charge is 2.35.